The molecule has 2 N–H and O–H groups in total. The van der Waals surface area contributed by atoms with E-state index in [9.17, 15) is 4.79 Å². The summed E-state index contributed by atoms with van der Waals surface area (Å²) >= 11 is 0. The second-order valence-corrected chi connectivity index (χ2v) is 4.30. The molecule has 4 nitrogen and oxygen atoms in total. The number of aliphatic hydroxyl groups is 1. The summed E-state index contributed by atoms with van der Waals surface area (Å²) in [6.45, 7) is 0.227. The fraction of sp³-hybridized carbons (Fsp3) is 0.188. The van der Waals surface area contributed by atoms with Crippen LogP contribution in [0.5, 0.6) is 0 Å². The van der Waals surface area contributed by atoms with Crippen molar-refractivity contribution in [3.63, 3.8) is 0 Å². The van der Waals surface area contributed by atoms with Gasteiger partial charge in [0.25, 0.3) is 5.91 Å². The molecule has 1 amide bonds. The highest BCUT2D eigenvalue weighted by atomic mass is 16.2. The van der Waals surface area contributed by atoms with Crippen LogP contribution in [0, 0.1) is 11.8 Å². The molecule has 0 saturated heterocycles. The van der Waals surface area contributed by atoms with Gasteiger partial charge in [0.05, 0.1) is 0 Å². The van der Waals surface area contributed by atoms with Gasteiger partial charge in [0.15, 0.2) is 0 Å². The monoisotopic (exact) mass is 268 g/mol. The molecular weight excluding hydrogens is 252 g/mol. The summed E-state index contributed by atoms with van der Waals surface area (Å²) in [5.74, 6) is 5.37. The van der Waals surface area contributed by atoms with E-state index in [1.54, 1.807) is 10.6 Å². The van der Waals surface area contributed by atoms with E-state index in [0.717, 1.165) is 11.1 Å². The van der Waals surface area contributed by atoms with Crippen molar-refractivity contribution in [1.82, 2.24) is 9.88 Å². The Bertz CT molecular complexity index is 662. The van der Waals surface area contributed by atoms with Gasteiger partial charge in [0, 0.05) is 25.4 Å². The molecule has 0 atom stereocenters. The number of hydrogen-bond acceptors (Lipinski definition) is 2. The summed E-state index contributed by atoms with van der Waals surface area (Å²) in [6.07, 6.45) is 1.83. The molecule has 2 rings (SSSR count). The lowest BCUT2D eigenvalue weighted by Gasteiger charge is -2.08. The molecular formula is C16H16N2O2. The lowest BCUT2D eigenvalue weighted by molar-refractivity contribution is 0.0943. The van der Waals surface area contributed by atoms with Crippen LogP contribution in [-0.4, -0.2) is 22.2 Å². The molecule has 0 aliphatic carbocycles. The van der Waals surface area contributed by atoms with E-state index in [-0.39, 0.29) is 12.5 Å². The Kier molecular flexibility index (Phi) is 4.59. The summed E-state index contributed by atoms with van der Waals surface area (Å²) in [4.78, 5) is 12.0. The largest absolute Gasteiger partial charge is 0.384 e. The van der Waals surface area contributed by atoms with Crippen LogP contribution in [0.25, 0.3) is 0 Å². The first-order valence-corrected chi connectivity index (χ1v) is 6.29. The van der Waals surface area contributed by atoms with Crippen molar-refractivity contribution in [2.75, 3.05) is 6.61 Å². The van der Waals surface area contributed by atoms with Crippen LogP contribution >= 0.6 is 0 Å². The number of rotatable bonds is 3. The van der Waals surface area contributed by atoms with Gasteiger partial charge in [0.2, 0.25) is 0 Å². The van der Waals surface area contributed by atoms with Gasteiger partial charge in [-0.15, -0.1) is 0 Å². The molecule has 1 aromatic heterocycles. The van der Waals surface area contributed by atoms with Crippen LogP contribution in [0.1, 0.15) is 21.6 Å². The molecule has 0 aliphatic rings. The molecule has 0 fully saturated rings. The molecule has 4 heteroatoms. The Balaban J connectivity index is 2.08. The molecule has 0 unspecified atom stereocenters. The Labute approximate surface area is 118 Å². The van der Waals surface area contributed by atoms with Gasteiger partial charge in [-0.2, -0.15) is 0 Å². The minimum Gasteiger partial charge on any atom is -0.384 e. The third-order valence-electron chi connectivity index (χ3n) is 2.94. The molecule has 20 heavy (non-hydrogen) atoms. The van der Waals surface area contributed by atoms with E-state index >= 15 is 0 Å². The average molecular weight is 268 g/mol. The van der Waals surface area contributed by atoms with Crippen molar-refractivity contribution in [3.05, 3.63) is 59.4 Å². The van der Waals surface area contributed by atoms with Crippen LogP contribution in [-0.2, 0) is 13.6 Å². The normalized spacial score (nSPS) is 9.70. The molecule has 1 aromatic carbocycles. The van der Waals surface area contributed by atoms with Crippen LogP contribution in [0.4, 0.5) is 0 Å². The van der Waals surface area contributed by atoms with Gasteiger partial charge in [-0.25, -0.2) is 0 Å². The van der Waals surface area contributed by atoms with E-state index < -0.39 is 0 Å². The number of nitrogens with one attached hydrogen (secondary N) is 1. The summed E-state index contributed by atoms with van der Waals surface area (Å²) in [5.41, 5.74) is 2.36. The number of hydrogen-bond donors (Lipinski definition) is 2. The standard InChI is InChI=1S/C16H16N2O2/c1-18-10-4-9-15(18)16(20)17-12-14-7-3-2-6-13(14)8-5-11-19/h2-4,6-7,9-10,19H,11-12H2,1H3,(H,17,20). The first-order chi connectivity index (χ1) is 9.72. The molecule has 1 heterocycles. The minimum absolute atomic E-state index is 0.123. The maximum absolute atomic E-state index is 12.0. The van der Waals surface area contributed by atoms with E-state index in [1.807, 2.05) is 43.6 Å². The number of carbonyl (C=O) groups excluding carboxylic acids is 1. The number of aliphatic hydroxyl groups excluding tert-OH is 1. The number of carbonyl (C=O) groups is 1. The van der Waals surface area contributed by atoms with E-state index in [0.29, 0.717) is 12.2 Å². The highest BCUT2D eigenvalue weighted by Crippen LogP contribution is 2.07. The van der Waals surface area contributed by atoms with Crippen molar-refractivity contribution in [2.24, 2.45) is 7.05 Å². The van der Waals surface area contributed by atoms with Crippen molar-refractivity contribution in [3.8, 4) is 11.8 Å². The molecule has 102 valence electrons. The molecule has 0 spiro atoms. The van der Waals surface area contributed by atoms with Crippen LogP contribution < -0.4 is 5.32 Å². The molecule has 2 aromatic rings. The SMILES string of the molecule is Cn1cccc1C(=O)NCc1ccccc1C#CCO. The fourth-order valence-corrected chi connectivity index (χ4v) is 1.89. The zero-order chi connectivity index (χ0) is 14.4. The second-order valence-electron chi connectivity index (χ2n) is 4.30. The molecule has 0 radical (unpaired) electrons. The third-order valence-corrected chi connectivity index (χ3v) is 2.94. The molecule has 0 aliphatic heterocycles. The van der Waals surface area contributed by atoms with Crippen LogP contribution in [0.15, 0.2) is 42.6 Å². The zero-order valence-electron chi connectivity index (χ0n) is 11.3. The van der Waals surface area contributed by atoms with Gasteiger partial charge in [-0.3, -0.25) is 4.79 Å². The average Bonchev–Trinajstić information content (AvgIpc) is 2.89. The zero-order valence-corrected chi connectivity index (χ0v) is 11.3. The third kappa shape index (κ3) is 3.28. The summed E-state index contributed by atoms with van der Waals surface area (Å²) in [5, 5.41) is 11.6. The quantitative estimate of drug-likeness (QED) is 0.824. The topological polar surface area (TPSA) is 54.3 Å². The number of amides is 1. The Morgan fingerprint density at radius 1 is 1.30 bits per heavy atom. The van der Waals surface area contributed by atoms with Crippen molar-refractivity contribution >= 4 is 5.91 Å². The van der Waals surface area contributed by atoms with Gasteiger partial charge in [-0.1, -0.05) is 30.0 Å². The fourth-order valence-electron chi connectivity index (χ4n) is 1.89. The number of nitrogens with zero attached hydrogens (tertiary/aromatic N) is 1. The smallest absolute Gasteiger partial charge is 0.268 e. The molecule has 0 bridgehead atoms. The summed E-state index contributed by atoms with van der Waals surface area (Å²) in [6, 6.07) is 11.2. The number of aromatic nitrogens is 1. The van der Waals surface area contributed by atoms with Crippen molar-refractivity contribution in [1.29, 1.82) is 0 Å². The Morgan fingerprint density at radius 3 is 2.80 bits per heavy atom. The molecule has 0 saturated carbocycles. The van der Waals surface area contributed by atoms with Crippen LogP contribution in [0.3, 0.4) is 0 Å². The van der Waals surface area contributed by atoms with Crippen LogP contribution in [0.2, 0.25) is 0 Å². The Morgan fingerprint density at radius 2 is 2.10 bits per heavy atom. The predicted molar refractivity (Wildman–Crippen MR) is 77.0 cm³/mol. The number of benzene rings is 1. The summed E-state index contributed by atoms with van der Waals surface area (Å²) in [7, 11) is 1.83. The van der Waals surface area contributed by atoms with Gasteiger partial charge < -0.3 is 15.0 Å². The minimum atomic E-state index is -0.177. The van der Waals surface area contributed by atoms with E-state index in [2.05, 4.69) is 17.2 Å². The van der Waals surface area contributed by atoms with Gasteiger partial charge in [0.1, 0.15) is 12.3 Å². The van der Waals surface area contributed by atoms with Gasteiger partial charge in [-0.05, 0) is 23.8 Å². The maximum Gasteiger partial charge on any atom is 0.268 e. The van der Waals surface area contributed by atoms with Crippen molar-refractivity contribution in [2.45, 2.75) is 6.54 Å². The second kappa shape index (κ2) is 6.60. The van der Waals surface area contributed by atoms with Gasteiger partial charge >= 0.3 is 0 Å². The van der Waals surface area contributed by atoms with E-state index in [1.165, 1.54) is 0 Å². The summed E-state index contributed by atoms with van der Waals surface area (Å²) < 4.78 is 1.77. The maximum atomic E-state index is 12.0. The van der Waals surface area contributed by atoms with Crippen molar-refractivity contribution < 1.29 is 9.90 Å². The number of aryl methyl sites for hydroxylation is 1. The van der Waals surface area contributed by atoms with E-state index in [4.69, 9.17) is 5.11 Å². The highest BCUT2D eigenvalue weighted by Gasteiger charge is 2.08. The first kappa shape index (κ1) is 13.9. The predicted octanol–water partition coefficient (Wildman–Crippen LogP) is 1.30. The first-order valence-electron chi connectivity index (χ1n) is 6.29. The highest BCUT2D eigenvalue weighted by molar-refractivity contribution is 5.92. The lowest BCUT2D eigenvalue weighted by Crippen LogP contribution is -2.25. The lowest BCUT2D eigenvalue weighted by atomic mass is 10.1. The Hall–Kier alpha value is -2.51.